The summed E-state index contributed by atoms with van der Waals surface area (Å²) in [5.41, 5.74) is 2.82. The first-order chi connectivity index (χ1) is 13.5. The average Bonchev–Trinajstić information content (AvgIpc) is 3.29. The molecule has 0 atom stereocenters. The highest BCUT2D eigenvalue weighted by Crippen LogP contribution is 2.18. The summed E-state index contributed by atoms with van der Waals surface area (Å²) in [5.74, 6) is 0.682. The molecule has 0 aliphatic heterocycles. The fourth-order valence-corrected chi connectivity index (χ4v) is 3.34. The predicted molar refractivity (Wildman–Crippen MR) is 110 cm³/mol. The number of benzene rings is 1. The number of hydrogen-bond acceptors (Lipinski definition) is 6. The van der Waals surface area contributed by atoms with Crippen molar-refractivity contribution in [1.82, 2.24) is 15.1 Å². The van der Waals surface area contributed by atoms with Crippen LogP contribution in [0.25, 0.3) is 0 Å². The molecule has 0 fully saturated rings. The number of hydrogen-bond donors (Lipinski definition) is 1. The smallest absolute Gasteiger partial charge is 0.253 e. The van der Waals surface area contributed by atoms with Crippen LogP contribution in [0.5, 0.6) is 0 Å². The number of aromatic nitrogens is 3. The molecular weight excluding hydrogens is 372 g/mol. The summed E-state index contributed by atoms with van der Waals surface area (Å²) in [6, 6.07) is 8.50. The van der Waals surface area contributed by atoms with Crippen molar-refractivity contribution in [2.75, 3.05) is 5.32 Å². The fourth-order valence-electron chi connectivity index (χ4n) is 2.68. The molecule has 0 saturated heterocycles. The molecule has 2 heterocycles. The zero-order valence-electron chi connectivity index (χ0n) is 16.2. The maximum Gasteiger partial charge on any atom is 0.253 e. The third-order valence-corrected chi connectivity index (χ3v) is 5.07. The number of aryl methyl sites for hydroxylation is 2. The van der Waals surface area contributed by atoms with E-state index in [1.165, 1.54) is 29.7 Å². The van der Waals surface area contributed by atoms with Gasteiger partial charge in [-0.25, -0.2) is 4.98 Å². The number of nitrogens with one attached hydrogen (secondary N) is 1. The first-order valence-electron chi connectivity index (χ1n) is 9.34. The fraction of sp³-hybridized carbons (Fsp3) is 0.333. The molecule has 7 heteroatoms. The molecule has 0 radical (unpaired) electrons. The van der Waals surface area contributed by atoms with Crippen LogP contribution >= 0.6 is 11.3 Å². The van der Waals surface area contributed by atoms with E-state index in [0.717, 1.165) is 16.9 Å². The van der Waals surface area contributed by atoms with Gasteiger partial charge in [-0.05, 0) is 30.9 Å². The van der Waals surface area contributed by atoms with Crippen LogP contribution < -0.4 is 5.32 Å². The Kier molecular flexibility index (Phi) is 6.71. The Bertz CT molecular complexity index is 943. The van der Waals surface area contributed by atoms with Gasteiger partial charge in [-0.2, -0.15) is 4.98 Å². The van der Waals surface area contributed by atoms with Crippen molar-refractivity contribution < 1.29 is 9.32 Å². The number of amides is 1. The van der Waals surface area contributed by atoms with E-state index in [4.69, 9.17) is 4.52 Å². The largest absolute Gasteiger partial charge is 0.339 e. The monoisotopic (exact) mass is 396 g/mol. The lowest BCUT2D eigenvalue weighted by atomic mass is 10.0. The molecule has 0 bridgehead atoms. The molecule has 1 aromatic carbocycles. The highest BCUT2D eigenvalue weighted by molar-refractivity contribution is 7.15. The summed E-state index contributed by atoms with van der Waals surface area (Å²) in [6.45, 7) is 7.94. The first kappa shape index (κ1) is 19.9. The minimum Gasteiger partial charge on any atom is -0.339 e. The van der Waals surface area contributed by atoms with Crippen LogP contribution in [0.1, 0.15) is 47.5 Å². The third-order valence-electron chi connectivity index (χ3n) is 4.24. The molecule has 1 N–H and O–H groups in total. The van der Waals surface area contributed by atoms with E-state index in [0.29, 0.717) is 28.8 Å². The van der Waals surface area contributed by atoms with Crippen LogP contribution in [-0.4, -0.2) is 21.0 Å². The number of thiazole rings is 1. The van der Waals surface area contributed by atoms with Gasteiger partial charge in [-0.15, -0.1) is 11.3 Å². The molecule has 6 nitrogen and oxygen atoms in total. The molecule has 0 saturated carbocycles. The first-order valence-corrected chi connectivity index (χ1v) is 10.2. The molecule has 3 aromatic rings. The summed E-state index contributed by atoms with van der Waals surface area (Å²) in [7, 11) is 0. The Morgan fingerprint density at radius 3 is 2.68 bits per heavy atom. The summed E-state index contributed by atoms with van der Waals surface area (Å²) < 4.78 is 5.27. The minimum atomic E-state index is -0.295. The van der Waals surface area contributed by atoms with Crippen LogP contribution in [0.2, 0.25) is 0 Å². The predicted octanol–water partition coefficient (Wildman–Crippen LogP) is 4.51. The maximum atomic E-state index is 12.2. The van der Waals surface area contributed by atoms with Crippen LogP contribution in [0.4, 0.5) is 5.13 Å². The van der Waals surface area contributed by atoms with Crippen molar-refractivity contribution in [3.63, 3.8) is 0 Å². The molecule has 0 aliphatic rings. The molecule has 28 heavy (non-hydrogen) atoms. The quantitative estimate of drug-likeness (QED) is 0.538. The number of carbonyl (C=O) groups is 1. The highest BCUT2D eigenvalue weighted by atomic mass is 32.1. The molecule has 1 amide bonds. The van der Waals surface area contributed by atoms with Gasteiger partial charge in [-0.1, -0.05) is 49.3 Å². The van der Waals surface area contributed by atoms with Gasteiger partial charge in [0.1, 0.15) is 0 Å². The summed E-state index contributed by atoms with van der Waals surface area (Å²) >= 11 is 1.41. The van der Waals surface area contributed by atoms with Gasteiger partial charge in [0, 0.05) is 23.1 Å². The van der Waals surface area contributed by atoms with Crippen LogP contribution in [0, 0.1) is 6.92 Å². The van der Waals surface area contributed by atoms with Gasteiger partial charge in [0.05, 0.1) is 6.42 Å². The van der Waals surface area contributed by atoms with Gasteiger partial charge in [0.15, 0.2) is 11.0 Å². The van der Waals surface area contributed by atoms with Gasteiger partial charge in [0.25, 0.3) is 5.91 Å². The van der Waals surface area contributed by atoms with E-state index in [-0.39, 0.29) is 12.3 Å². The van der Waals surface area contributed by atoms with Crippen molar-refractivity contribution in [2.24, 2.45) is 0 Å². The van der Waals surface area contributed by atoms with Crippen molar-refractivity contribution in [1.29, 1.82) is 0 Å². The summed E-state index contributed by atoms with van der Waals surface area (Å²) in [6.07, 6.45) is 6.01. The SMILES string of the molecule is C=C(Cc1nc(Cc2ccc(CCCC)cc2)no1)C(=O)Nc1ncc(C)s1. The molecule has 2 aromatic heterocycles. The maximum absolute atomic E-state index is 12.2. The zero-order chi connectivity index (χ0) is 19.9. The Hall–Kier alpha value is -2.80. The van der Waals surface area contributed by atoms with E-state index in [1.807, 2.05) is 6.92 Å². The highest BCUT2D eigenvalue weighted by Gasteiger charge is 2.14. The Morgan fingerprint density at radius 2 is 2.00 bits per heavy atom. The number of unbranched alkanes of at least 4 members (excludes halogenated alkanes) is 1. The van der Waals surface area contributed by atoms with Gasteiger partial charge in [-0.3, -0.25) is 10.1 Å². The number of anilines is 1. The third kappa shape index (κ3) is 5.60. The standard InChI is InChI=1S/C21H24N4O2S/c1-4-5-6-16-7-9-17(10-8-16)12-18-23-19(27-25-18)11-14(2)20(26)24-21-22-13-15(3)28-21/h7-10,13H,2,4-6,11-12H2,1,3H3,(H,22,24,26). The van der Waals surface area contributed by atoms with Crippen LogP contribution in [0.3, 0.4) is 0 Å². The Balaban J connectivity index is 1.53. The zero-order valence-corrected chi connectivity index (χ0v) is 17.0. The number of carbonyl (C=O) groups excluding carboxylic acids is 1. The Labute approximate surface area is 168 Å². The summed E-state index contributed by atoms with van der Waals surface area (Å²) in [5, 5.41) is 7.30. The van der Waals surface area contributed by atoms with Gasteiger partial charge >= 0.3 is 0 Å². The van der Waals surface area contributed by atoms with Gasteiger partial charge < -0.3 is 4.52 Å². The second kappa shape index (κ2) is 9.41. The van der Waals surface area contributed by atoms with E-state index in [2.05, 4.69) is 58.2 Å². The van der Waals surface area contributed by atoms with E-state index < -0.39 is 0 Å². The molecule has 0 unspecified atom stereocenters. The lowest BCUT2D eigenvalue weighted by Crippen LogP contribution is -2.15. The lowest BCUT2D eigenvalue weighted by molar-refractivity contribution is -0.112. The van der Waals surface area contributed by atoms with Crippen molar-refractivity contribution >= 4 is 22.4 Å². The Morgan fingerprint density at radius 1 is 1.25 bits per heavy atom. The number of rotatable bonds is 9. The lowest BCUT2D eigenvalue weighted by Gasteiger charge is -2.02. The van der Waals surface area contributed by atoms with E-state index in [1.54, 1.807) is 6.20 Å². The molecular formula is C21H24N4O2S. The van der Waals surface area contributed by atoms with Crippen molar-refractivity contribution in [3.8, 4) is 0 Å². The second-order valence-corrected chi connectivity index (χ2v) is 7.95. The molecule has 146 valence electrons. The van der Waals surface area contributed by atoms with Gasteiger partial charge in [0.2, 0.25) is 5.89 Å². The van der Waals surface area contributed by atoms with E-state index >= 15 is 0 Å². The molecule has 0 aliphatic carbocycles. The normalized spacial score (nSPS) is 10.8. The topological polar surface area (TPSA) is 80.9 Å². The van der Waals surface area contributed by atoms with Crippen LogP contribution in [-0.2, 0) is 24.1 Å². The minimum absolute atomic E-state index is 0.207. The average molecular weight is 397 g/mol. The van der Waals surface area contributed by atoms with E-state index in [9.17, 15) is 4.79 Å². The summed E-state index contributed by atoms with van der Waals surface area (Å²) in [4.78, 5) is 21.7. The number of nitrogens with zero attached hydrogens (tertiary/aromatic N) is 3. The van der Waals surface area contributed by atoms with Crippen molar-refractivity contribution in [2.45, 2.75) is 46.0 Å². The second-order valence-electron chi connectivity index (χ2n) is 6.71. The molecule has 0 spiro atoms. The molecule has 3 rings (SSSR count). The van der Waals surface area contributed by atoms with Crippen molar-refractivity contribution in [3.05, 3.63) is 70.3 Å². The van der Waals surface area contributed by atoms with Crippen LogP contribution in [0.15, 0.2) is 47.1 Å².